The van der Waals surface area contributed by atoms with Crippen LogP contribution in [-0.2, 0) is 4.74 Å². The van der Waals surface area contributed by atoms with Crippen LogP contribution in [0.15, 0.2) is 0 Å². The molecule has 1 N–H and O–H groups in total. The third-order valence-corrected chi connectivity index (χ3v) is 4.76. The Kier molecular flexibility index (Phi) is 5.67. The van der Waals surface area contributed by atoms with Gasteiger partial charge in [0.1, 0.15) is 0 Å². The maximum absolute atomic E-state index is 5.69. The lowest BCUT2D eigenvalue weighted by Crippen LogP contribution is -2.64. The molecule has 0 aromatic heterocycles. The number of nitrogens with zero attached hydrogens (tertiary/aromatic N) is 1. The molecule has 2 aliphatic rings. The average Bonchev–Trinajstić information content (AvgIpc) is 3.23. The van der Waals surface area contributed by atoms with Gasteiger partial charge in [0.25, 0.3) is 0 Å². The lowest BCUT2D eigenvalue weighted by Gasteiger charge is -2.47. The molecule has 0 aromatic rings. The largest absolute Gasteiger partial charge is 0.380 e. The number of hydrogen-bond acceptors (Lipinski definition) is 3. The van der Waals surface area contributed by atoms with Crippen molar-refractivity contribution in [2.45, 2.75) is 64.5 Å². The van der Waals surface area contributed by atoms with E-state index in [9.17, 15) is 0 Å². The first kappa shape index (κ1) is 15.3. The molecular weight excluding hydrogens is 236 g/mol. The zero-order valence-electron chi connectivity index (χ0n) is 13.1. The third kappa shape index (κ3) is 4.17. The number of ether oxygens (including phenoxy) is 1. The molecule has 1 heterocycles. The van der Waals surface area contributed by atoms with Gasteiger partial charge in [0.2, 0.25) is 0 Å². The van der Waals surface area contributed by atoms with Gasteiger partial charge in [0.05, 0.1) is 6.61 Å². The van der Waals surface area contributed by atoms with Crippen LogP contribution in [0, 0.1) is 5.92 Å². The van der Waals surface area contributed by atoms with Crippen LogP contribution >= 0.6 is 0 Å². The smallest absolute Gasteiger partial charge is 0.0593 e. The Morgan fingerprint density at radius 1 is 1.21 bits per heavy atom. The van der Waals surface area contributed by atoms with Gasteiger partial charge in [-0.25, -0.2) is 0 Å². The number of nitrogens with one attached hydrogen (secondary N) is 1. The highest BCUT2D eigenvalue weighted by molar-refractivity contribution is 5.03. The van der Waals surface area contributed by atoms with Crippen molar-refractivity contribution in [3.8, 4) is 0 Å². The zero-order valence-corrected chi connectivity index (χ0v) is 13.1. The topological polar surface area (TPSA) is 24.5 Å². The first-order valence-corrected chi connectivity index (χ1v) is 8.26. The molecule has 2 unspecified atom stereocenters. The predicted octanol–water partition coefficient (Wildman–Crippen LogP) is 2.66. The summed E-state index contributed by atoms with van der Waals surface area (Å²) in [6.45, 7) is 12.2. The molecular formula is C16H32N2O. The van der Waals surface area contributed by atoms with E-state index in [0.29, 0.717) is 11.6 Å². The van der Waals surface area contributed by atoms with Gasteiger partial charge in [-0.2, -0.15) is 0 Å². The highest BCUT2D eigenvalue weighted by atomic mass is 16.5. The Labute approximate surface area is 119 Å². The van der Waals surface area contributed by atoms with E-state index in [-0.39, 0.29) is 0 Å². The Morgan fingerprint density at radius 3 is 2.63 bits per heavy atom. The van der Waals surface area contributed by atoms with E-state index < -0.39 is 0 Å². The summed E-state index contributed by atoms with van der Waals surface area (Å²) in [7, 11) is 0. The summed E-state index contributed by atoms with van der Waals surface area (Å²) in [5.74, 6) is 0.911. The van der Waals surface area contributed by atoms with Crippen molar-refractivity contribution in [2.75, 3.05) is 32.8 Å². The van der Waals surface area contributed by atoms with Crippen LogP contribution in [-0.4, -0.2) is 49.3 Å². The molecule has 3 heteroatoms. The van der Waals surface area contributed by atoms with Gasteiger partial charge in [0, 0.05) is 37.8 Å². The molecule has 0 spiro atoms. The predicted molar refractivity (Wildman–Crippen MR) is 80.5 cm³/mol. The third-order valence-electron chi connectivity index (χ3n) is 4.76. The van der Waals surface area contributed by atoms with E-state index in [1.165, 1.54) is 32.2 Å². The standard InChI is InChI=1S/C16H32N2O/c1-4-6-15-12-17-16(3,14-7-8-14)13-18(15)9-11-19-10-5-2/h14-15,17H,4-13H2,1-3H3. The maximum atomic E-state index is 5.69. The fourth-order valence-corrected chi connectivity index (χ4v) is 3.39. The van der Waals surface area contributed by atoms with Crippen molar-refractivity contribution in [1.29, 1.82) is 0 Å². The van der Waals surface area contributed by atoms with Crippen LogP contribution in [0.5, 0.6) is 0 Å². The van der Waals surface area contributed by atoms with Gasteiger partial charge in [0.15, 0.2) is 0 Å². The first-order valence-electron chi connectivity index (χ1n) is 8.26. The second kappa shape index (κ2) is 7.05. The Hall–Kier alpha value is -0.120. The highest BCUT2D eigenvalue weighted by Gasteiger charge is 2.45. The molecule has 1 saturated carbocycles. The van der Waals surface area contributed by atoms with Crippen molar-refractivity contribution in [1.82, 2.24) is 10.2 Å². The van der Waals surface area contributed by atoms with Crippen LogP contribution in [0.4, 0.5) is 0 Å². The molecule has 2 fully saturated rings. The van der Waals surface area contributed by atoms with E-state index in [1.807, 2.05) is 0 Å². The van der Waals surface area contributed by atoms with Crippen LogP contribution in [0.25, 0.3) is 0 Å². The summed E-state index contributed by atoms with van der Waals surface area (Å²) >= 11 is 0. The number of piperazine rings is 1. The lowest BCUT2D eigenvalue weighted by molar-refractivity contribution is 0.0356. The van der Waals surface area contributed by atoms with Crippen molar-refractivity contribution < 1.29 is 4.74 Å². The molecule has 19 heavy (non-hydrogen) atoms. The minimum absolute atomic E-state index is 0.356. The molecule has 2 atom stereocenters. The first-order chi connectivity index (χ1) is 9.19. The van der Waals surface area contributed by atoms with Crippen LogP contribution in [0.3, 0.4) is 0 Å². The summed E-state index contributed by atoms with van der Waals surface area (Å²) in [5.41, 5.74) is 0.356. The molecule has 0 bridgehead atoms. The van der Waals surface area contributed by atoms with Gasteiger partial charge in [-0.05, 0) is 38.5 Å². The summed E-state index contributed by atoms with van der Waals surface area (Å²) in [6, 6.07) is 0.710. The molecule has 1 aliphatic carbocycles. The second-order valence-electron chi connectivity index (χ2n) is 6.60. The lowest BCUT2D eigenvalue weighted by atomic mass is 9.90. The van der Waals surface area contributed by atoms with Crippen molar-refractivity contribution >= 4 is 0 Å². The quantitative estimate of drug-likeness (QED) is 0.685. The van der Waals surface area contributed by atoms with E-state index in [4.69, 9.17) is 4.74 Å². The molecule has 1 saturated heterocycles. The summed E-state index contributed by atoms with van der Waals surface area (Å²) in [5, 5.41) is 3.84. The Balaban J connectivity index is 1.84. The minimum atomic E-state index is 0.356. The van der Waals surface area contributed by atoms with Gasteiger partial charge >= 0.3 is 0 Å². The summed E-state index contributed by atoms with van der Waals surface area (Å²) < 4.78 is 5.69. The van der Waals surface area contributed by atoms with Crippen LogP contribution in [0.1, 0.15) is 52.9 Å². The number of hydrogen-bond donors (Lipinski definition) is 1. The van der Waals surface area contributed by atoms with Crippen molar-refractivity contribution in [2.24, 2.45) is 5.92 Å². The van der Waals surface area contributed by atoms with Crippen molar-refractivity contribution in [3.05, 3.63) is 0 Å². The normalized spacial score (nSPS) is 32.7. The zero-order chi connectivity index (χ0) is 13.7. The molecule has 0 aromatic carbocycles. The summed E-state index contributed by atoms with van der Waals surface area (Å²) in [4.78, 5) is 2.69. The van der Waals surface area contributed by atoms with E-state index in [0.717, 1.165) is 38.6 Å². The minimum Gasteiger partial charge on any atom is -0.380 e. The maximum Gasteiger partial charge on any atom is 0.0593 e. The van der Waals surface area contributed by atoms with Gasteiger partial charge < -0.3 is 10.1 Å². The molecule has 0 radical (unpaired) electrons. The molecule has 112 valence electrons. The monoisotopic (exact) mass is 268 g/mol. The van der Waals surface area contributed by atoms with Crippen LogP contribution in [0.2, 0.25) is 0 Å². The summed E-state index contributed by atoms with van der Waals surface area (Å²) in [6.07, 6.45) is 6.55. The Morgan fingerprint density at radius 2 is 2.00 bits per heavy atom. The average molecular weight is 268 g/mol. The fourth-order valence-electron chi connectivity index (χ4n) is 3.39. The molecule has 0 amide bonds. The van der Waals surface area contributed by atoms with E-state index in [1.54, 1.807) is 0 Å². The van der Waals surface area contributed by atoms with E-state index >= 15 is 0 Å². The fraction of sp³-hybridized carbons (Fsp3) is 1.00. The SMILES string of the molecule is CCCOCCN1CC(C)(C2CC2)NCC1CCC. The Bertz CT molecular complexity index is 267. The number of rotatable bonds is 8. The van der Waals surface area contributed by atoms with Crippen LogP contribution < -0.4 is 5.32 Å². The molecule has 2 rings (SSSR count). The van der Waals surface area contributed by atoms with Gasteiger partial charge in [-0.1, -0.05) is 20.3 Å². The van der Waals surface area contributed by atoms with Crippen molar-refractivity contribution in [3.63, 3.8) is 0 Å². The second-order valence-corrected chi connectivity index (χ2v) is 6.60. The van der Waals surface area contributed by atoms with E-state index in [2.05, 4.69) is 31.0 Å². The highest BCUT2D eigenvalue weighted by Crippen LogP contribution is 2.41. The van der Waals surface area contributed by atoms with Gasteiger partial charge in [-0.3, -0.25) is 4.90 Å². The van der Waals surface area contributed by atoms with Gasteiger partial charge in [-0.15, -0.1) is 0 Å². The molecule has 3 nitrogen and oxygen atoms in total. The molecule has 1 aliphatic heterocycles.